The van der Waals surface area contributed by atoms with E-state index in [9.17, 15) is 10.1 Å². The van der Waals surface area contributed by atoms with E-state index in [1.165, 1.54) is 31.9 Å². The monoisotopic (exact) mass is 309 g/mol. The van der Waals surface area contributed by atoms with Crippen LogP contribution in [-0.4, -0.2) is 17.9 Å². The van der Waals surface area contributed by atoms with Gasteiger partial charge in [0, 0.05) is 17.4 Å². The Balaban J connectivity index is 2.16. The van der Waals surface area contributed by atoms with Crippen molar-refractivity contribution in [2.75, 3.05) is 13.0 Å². The van der Waals surface area contributed by atoms with Crippen LogP contribution in [0.3, 0.4) is 0 Å². The van der Waals surface area contributed by atoms with E-state index in [1.807, 2.05) is 6.07 Å². The molecule has 21 heavy (non-hydrogen) atoms. The first-order valence-electron chi connectivity index (χ1n) is 7.54. The first kappa shape index (κ1) is 14.6. The summed E-state index contributed by atoms with van der Waals surface area (Å²) in [7, 11) is 1.49. The smallest absolute Gasteiger partial charge is 0.311 e. The van der Waals surface area contributed by atoms with Gasteiger partial charge in [-0.25, -0.2) is 0 Å². The lowest BCUT2D eigenvalue weighted by Gasteiger charge is -2.47. The molecule has 4 nitrogen and oxygen atoms in total. The van der Waals surface area contributed by atoms with Crippen molar-refractivity contribution in [2.45, 2.75) is 43.9 Å². The van der Waals surface area contributed by atoms with E-state index >= 15 is 0 Å². The molecule has 3 rings (SSSR count). The average molecular weight is 310 g/mol. The molecule has 114 valence electrons. The van der Waals surface area contributed by atoms with Gasteiger partial charge in [0.1, 0.15) is 0 Å². The largest absolute Gasteiger partial charge is 0.490 e. The van der Waals surface area contributed by atoms with Crippen LogP contribution < -0.4 is 4.74 Å². The molecule has 2 aliphatic rings. The highest BCUT2D eigenvalue weighted by Gasteiger charge is 2.45. The summed E-state index contributed by atoms with van der Waals surface area (Å²) >= 11 is 6.40. The first-order valence-corrected chi connectivity index (χ1v) is 8.07. The molecule has 0 radical (unpaired) electrons. The van der Waals surface area contributed by atoms with Gasteiger partial charge in [0.25, 0.3) is 0 Å². The standard InChI is InChI=1S/C16H20ClNO3/c1-21-15-9-13-11(8-14(15)18(19)20)5-6-12-4-2-3-7-16(12,13)10-17/h8-9,12H,2-7,10H2,1H3/t12-,16+/m1/s1. The van der Waals surface area contributed by atoms with Crippen LogP contribution in [-0.2, 0) is 11.8 Å². The molecule has 0 amide bonds. The van der Waals surface area contributed by atoms with Gasteiger partial charge in [0.05, 0.1) is 12.0 Å². The van der Waals surface area contributed by atoms with Gasteiger partial charge in [-0.05, 0) is 48.8 Å². The van der Waals surface area contributed by atoms with Gasteiger partial charge in [-0.15, -0.1) is 11.6 Å². The van der Waals surface area contributed by atoms with E-state index in [1.54, 1.807) is 6.07 Å². The normalized spacial score (nSPS) is 27.6. The fourth-order valence-electron chi connectivity index (χ4n) is 4.25. The predicted molar refractivity (Wildman–Crippen MR) is 82.3 cm³/mol. The highest BCUT2D eigenvalue weighted by Crippen LogP contribution is 2.52. The van der Waals surface area contributed by atoms with Crippen LogP contribution in [0.1, 0.15) is 43.2 Å². The molecule has 5 heteroatoms. The average Bonchev–Trinajstić information content (AvgIpc) is 2.53. The van der Waals surface area contributed by atoms with Crippen molar-refractivity contribution in [3.63, 3.8) is 0 Å². The van der Waals surface area contributed by atoms with Gasteiger partial charge < -0.3 is 4.74 Å². The van der Waals surface area contributed by atoms with Crippen molar-refractivity contribution >= 4 is 17.3 Å². The Bertz CT molecular complexity index is 575. The molecule has 0 bridgehead atoms. The van der Waals surface area contributed by atoms with E-state index in [-0.39, 0.29) is 16.0 Å². The summed E-state index contributed by atoms with van der Waals surface area (Å²) in [6, 6.07) is 3.58. The number of fused-ring (bicyclic) bond motifs is 3. The second kappa shape index (κ2) is 5.48. The van der Waals surface area contributed by atoms with E-state index in [0.29, 0.717) is 17.5 Å². The van der Waals surface area contributed by atoms with Gasteiger partial charge in [-0.3, -0.25) is 10.1 Å². The molecule has 0 saturated heterocycles. The van der Waals surface area contributed by atoms with Crippen LogP contribution in [0, 0.1) is 16.0 Å². The second-order valence-corrected chi connectivity index (χ2v) is 6.48. The maximum Gasteiger partial charge on any atom is 0.311 e. The van der Waals surface area contributed by atoms with Gasteiger partial charge in [0.15, 0.2) is 5.75 Å². The maximum atomic E-state index is 11.2. The SMILES string of the molecule is COc1cc2c(cc1[N+](=O)[O-])CC[C@H]1CCCC[C@@]21CCl. The number of nitrogens with zero attached hydrogens (tertiary/aromatic N) is 1. The molecule has 0 heterocycles. The second-order valence-electron chi connectivity index (χ2n) is 6.21. The number of aryl methyl sites for hydroxylation is 1. The predicted octanol–water partition coefficient (Wildman–Crippen LogP) is 4.22. The fraction of sp³-hybridized carbons (Fsp3) is 0.625. The van der Waals surface area contributed by atoms with Crippen molar-refractivity contribution in [2.24, 2.45) is 5.92 Å². The van der Waals surface area contributed by atoms with Crippen LogP contribution in [0.15, 0.2) is 12.1 Å². The summed E-state index contributed by atoms with van der Waals surface area (Å²) in [6.07, 6.45) is 6.73. The minimum atomic E-state index is -0.362. The van der Waals surface area contributed by atoms with Gasteiger partial charge >= 0.3 is 5.69 Å². The van der Waals surface area contributed by atoms with Gasteiger partial charge in [0.2, 0.25) is 0 Å². The molecular formula is C16H20ClNO3. The molecule has 1 fully saturated rings. The molecule has 0 N–H and O–H groups in total. The summed E-state index contributed by atoms with van der Waals surface area (Å²) in [5.74, 6) is 1.54. The number of rotatable bonds is 3. The van der Waals surface area contributed by atoms with Crippen LogP contribution in [0.2, 0.25) is 0 Å². The minimum Gasteiger partial charge on any atom is -0.490 e. The number of halogens is 1. The van der Waals surface area contributed by atoms with Gasteiger partial charge in [-0.2, -0.15) is 0 Å². The third-order valence-corrected chi connectivity index (χ3v) is 5.82. The first-order chi connectivity index (χ1) is 10.1. The molecular weight excluding hydrogens is 290 g/mol. The van der Waals surface area contributed by atoms with E-state index in [2.05, 4.69) is 0 Å². The zero-order valence-electron chi connectivity index (χ0n) is 12.2. The number of hydrogen-bond acceptors (Lipinski definition) is 3. The number of hydrogen-bond donors (Lipinski definition) is 0. The molecule has 1 aromatic carbocycles. The molecule has 0 aromatic heterocycles. The number of nitro groups is 1. The van der Waals surface area contributed by atoms with E-state index in [0.717, 1.165) is 24.8 Å². The van der Waals surface area contributed by atoms with Crippen molar-refractivity contribution < 1.29 is 9.66 Å². The van der Waals surface area contributed by atoms with E-state index in [4.69, 9.17) is 16.3 Å². The molecule has 0 spiro atoms. The fourth-order valence-corrected chi connectivity index (χ4v) is 4.75. The lowest BCUT2D eigenvalue weighted by atomic mass is 9.58. The van der Waals surface area contributed by atoms with Crippen LogP contribution in [0.5, 0.6) is 5.75 Å². The zero-order chi connectivity index (χ0) is 15.0. The summed E-state index contributed by atoms with van der Waals surface area (Å²) in [5, 5.41) is 11.2. The zero-order valence-corrected chi connectivity index (χ0v) is 13.0. The minimum absolute atomic E-state index is 0.0181. The molecule has 2 atom stereocenters. The lowest BCUT2D eigenvalue weighted by Crippen LogP contribution is -2.43. The third-order valence-electron chi connectivity index (χ3n) is 5.35. The number of alkyl halides is 1. The number of benzene rings is 1. The molecule has 2 aliphatic carbocycles. The maximum absolute atomic E-state index is 11.2. The molecule has 1 saturated carbocycles. The van der Waals surface area contributed by atoms with Gasteiger partial charge in [-0.1, -0.05) is 12.8 Å². The summed E-state index contributed by atoms with van der Waals surface area (Å²) in [4.78, 5) is 10.8. The third kappa shape index (κ3) is 2.20. The Kier molecular flexibility index (Phi) is 3.82. The highest BCUT2D eigenvalue weighted by molar-refractivity contribution is 6.18. The van der Waals surface area contributed by atoms with E-state index < -0.39 is 0 Å². The van der Waals surface area contributed by atoms with Crippen molar-refractivity contribution in [3.05, 3.63) is 33.4 Å². The van der Waals surface area contributed by atoms with Crippen molar-refractivity contribution in [1.82, 2.24) is 0 Å². The van der Waals surface area contributed by atoms with Crippen molar-refractivity contribution in [3.8, 4) is 5.75 Å². The quantitative estimate of drug-likeness (QED) is 0.477. The Morgan fingerprint density at radius 1 is 1.43 bits per heavy atom. The Morgan fingerprint density at radius 2 is 2.24 bits per heavy atom. The summed E-state index contributed by atoms with van der Waals surface area (Å²) in [6.45, 7) is 0. The Hall–Kier alpha value is -1.29. The number of nitro benzene ring substituents is 1. The molecule has 1 aromatic rings. The lowest BCUT2D eigenvalue weighted by molar-refractivity contribution is -0.385. The van der Waals surface area contributed by atoms with Crippen LogP contribution in [0.25, 0.3) is 0 Å². The summed E-state index contributed by atoms with van der Waals surface area (Å²) < 4.78 is 5.26. The highest BCUT2D eigenvalue weighted by atomic mass is 35.5. The Morgan fingerprint density at radius 3 is 2.90 bits per heavy atom. The van der Waals surface area contributed by atoms with Crippen LogP contribution in [0.4, 0.5) is 5.69 Å². The Labute approximate surface area is 129 Å². The molecule has 0 aliphatic heterocycles. The number of methoxy groups -OCH3 is 1. The number of ether oxygens (including phenoxy) is 1. The van der Waals surface area contributed by atoms with Crippen molar-refractivity contribution in [1.29, 1.82) is 0 Å². The van der Waals surface area contributed by atoms with Crippen LogP contribution >= 0.6 is 11.6 Å². The summed E-state index contributed by atoms with van der Waals surface area (Å²) in [5.41, 5.74) is 2.32. The molecule has 0 unspecified atom stereocenters. The topological polar surface area (TPSA) is 52.4 Å².